The predicted octanol–water partition coefficient (Wildman–Crippen LogP) is 3.29. The number of hydrogen-bond acceptors (Lipinski definition) is 3. The first kappa shape index (κ1) is 22.9. The van der Waals surface area contributed by atoms with Crippen molar-refractivity contribution in [3.63, 3.8) is 0 Å². The van der Waals surface area contributed by atoms with E-state index >= 15 is 0 Å². The van der Waals surface area contributed by atoms with Crippen LogP contribution in [0.15, 0.2) is 29.3 Å². The number of guanidine groups is 1. The summed E-state index contributed by atoms with van der Waals surface area (Å²) in [5.74, 6) is 1.53. The fraction of sp³-hybridized carbons (Fsp3) is 0.652. The van der Waals surface area contributed by atoms with Gasteiger partial charge in [0.05, 0.1) is 0 Å². The van der Waals surface area contributed by atoms with Gasteiger partial charge in [-0.15, -0.1) is 0 Å². The molecule has 2 N–H and O–H groups in total. The summed E-state index contributed by atoms with van der Waals surface area (Å²) in [5.41, 5.74) is 1.27. The highest BCUT2D eigenvalue weighted by atomic mass is 35.5. The summed E-state index contributed by atoms with van der Waals surface area (Å²) in [4.78, 5) is 21.3. The second-order valence-corrected chi connectivity index (χ2v) is 8.86. The molecule has 3 atom stereocenters. The Labute approximate surface area is 186 Å². The molecule has 166 valence electrons. The lowest BCUT2D eigenvalue weighted by Crippen LogP contribution is -2.45. The fourth-order valence-electron chi connectivity index (χ4n) is 4.72. The topological polar surface area (TPSA) is 60.0 Å². The molecule has 7 heteroatoms. The Hall–Kier alpha value is -1.79. The van der Waals surface area contributed by atoms with Crippen molar-refractivity contribution in [1.29, 1.82) is 0 Å². The number of likely N-dealkylation sites (tertiary alicyclic amines) is 2. The molecule has 0 saturated carbocycles. The SMILES string of the molecule is CCNC(=NCC1CCCN(C)C1c1cccc(Cl)c1)NC1CCN(C(=O)CC)C1. The molecule has 2 aliphatic rings. The van der Waals surface area contributed by atoms with E-state index in [0.717, 1.165) is 56.5 Å². The molecule has 0 aliphatic carbocycles. The first-order chi connectivity index (χ1) is 14.5. The van der Waals surface area contributed by atoms with Crippen molar-refractivity contribution in [1.82, 2.24) is 20.4 Å². The van der Waals surface area contributed by atoms with Gasteiger partial charge in [0.15, 0.2) is 5.96 Å². The van der Waals surface area contributed by atoms with E-state index in [-0.39, 0.29) is 11.9 Å². The molecule has 1 aromatic carbocycles. The van der Waals surface area contributed by atoms with Gasteiger partial charge in [0.1, 0.15) is 0 Å². The van der Waals surface area contributed by atoms with Crippen molar-refractivity contribution < 1.29 is 4.79 Å². The minimum absolute atomic E-state index is 0.232. The number of halogens is 1. The van der Waals surface area contributed by atoms with Crippen LogP contribution in [0.25, 0.3) is 0 Å². The first-order valence-electron chi connectivity index (χ1n) is 11.3. The Morgan fingerprint density at radius 3 is 2.83 bits per heavy atom. The van der Waals surface area contributed by atoms with Crippen LogP contribution in [0, 0.1) is 5.92 Å². The molecule has 1 aromatic rings. The highest BCUT2D eigenvalue weighted by Crippen LogP contribution is 2.36. The van der Waals surface area contributed by atoms with Gasteiger partial charge in [0.2, 0.25) is 5.91 Å². The summed E-state index contributed by atoms with van der Waals surface area (Å²) in [5, 5.41) is 7.72. The molecule has 6 nitrogen and oxygen atoms in total. The fourth-order valence-corrected chi connectivity index (χ4v) is 4.92. The summed E-state index contributed by atoms with van der Waals surface area (Å²) in [6.07, 6.45) is 3.88. The summed E-state index contributed by atoms with van der Waals surface area (Å²) in [6, 6.07) is 8.82. The number of carbonyl (C=O) groups is 1. The van der Waals surface area contributed by atoms with Crippen molar-refractivity contribution in [3.05, 3.63) is 34.9 Å². The zero-order valence-corrected chi connectivity index (χ0v) is 19.3. The Morgan fingerprint density at radius 1 is 1.27 bits per heavy atom. The third-order valence-electron chi connectivity index (χ3n) is 6.21. The summed E-state index contributed by atoms with van der Waals surface area (Å²) >= 11 is 6.27. The van der Waals surface area contributed by atoms with Gasteiger partial charge in [-0.1, -0.05) is 30.7 Å². The number of nitrogens with zero attached hydrogens (tertiary/aromatic N) is 3. The number of nitrogens with one attached hydrogen (secondary N) is 2. The molecule has 1 amide bonds. The standard InChI is InChI=1S/C23H36ClN5O/c1-4-21(30)29-13-11-20(16-29)27-23(25-5-2)26-15-18-9-7-12-28(3)22(18)17-8-6-10-19(24)14-17/h6,8,10,14,18,20,22H,4-5,7,9,11-13,15-16H2,1-3H3,(H2,25,26,27). The van der Waals surface area contributed by atoms with Gasteiger partial charge >= 0.3 is 0 Å². The molecule has 2 fully saturated rings. The molecular formula is C23H36ClN5O. The molecular weight excluding hydrogens is 398 g/mol. The van der Waals surface area contributed by atoms with Crippen molar-refractivity contribution in [2.24, 2.45) is 10.9 Å². The van der Waals surface area contributed by atoms with E-state index in [9.17, 15) is 4.79 Å². The van der Waals surface area contributed by atoms with Crippen molar-refractivity contribution >= 4 is 23.5 Å². The van der Waals surface area contributed by atoms with Crippen LogP contribution in [-0.2, 0) is 4.79 Å². The second-order valence-electron chi connectivity index (χ2n) is 8.43. The molecule has 3 unspecified atom stereocenters. The minimum atomic E-state index is 0.232. The molecule has 30 heavy (non-hydrogen) atoms. The predicted molar refractivity (Wildman–Crippen MR) is 124 cm³/mol. The number of carbonyl (C=O) groups excluding carboxylic acids is 1. The average Bonchev–Trinajstić information content (AvgIpc) is 3.20. The quantitative estimate of drug-likeness (QED) is 0.533. The maximum atomic E-state index is 12.0. The van der Waals surface area contributed by atoms with E-state index in [1.165, 1.54) is 12.0 Å². The monoisotopic (exact) mass is 433 g/mol. The van der Waals surface area contributed by atoms with Crippen LogP contribution in [0.4, 0.5) is 0 Å². The third-order valence-corrected chi connectivity index (χ3v) is 6.44. The van der Waals surface area contributed by atoms with E-state index in [0.29, 0.717) is 18.4 Å². The van der Waals surface area contributed by atoms with Gasteiger partial charge in [-0.05, 0) is 63.4 Å². The Morgan fingerprint density at radius 2 is 2.10 bits per heavy atom. The summed E-state index contributed by atoms with van der Waals surface area (Å²) in [7, 11) is 2.20. The molecule has 0 bridgehead atoms. The van der Waals surface area contributed by atoms with E-state index in [4.69, 9.17) is 16.6 Å². The number of hydrogen-bond donors (Lipinski definition) is 2. The number of amides is 1. The zero-order chi connectivity index (χ0) is 21.5. The Bertz CT molecular complexity index is 740. The lowest BCUT2D eigenvalue weighted by atomic mass is 9.85. The van der Waals surface area contributed by atoms with Crippen LogP contribution in [0.5, 0.6) is 0 Å². The van der Waals surface area contributed by atoms with Crippen molar-refractivity contribution in [2.45, 2.75) is 51.6 Å². The van der Waals surface area contributed by atoms with Crippen LogP contribution in [0.1, 0.15) is 51.1 Å². The molecule has 2 heterocycles. The van der Waals surface area contributed by atoms with Crippen LogP contribution in [0.2, 0.25) is 5.02 Å². The summed E-state index contributed by atoms with van der Waals surface area (Å²) in [6.45, 7) is 8.27. The van der Waals surface area contributed by atoms with Crippen LogP contribution < -0.4 is 10.6 Å². The second kappa shape index (κ2) is 11.0. The molecule has 3 rings (SSSR count). The van der Waals surface area contributed by atoms with Gasteiger partial charge in [-0.2, -0.15) is 0 Å². The molecule has 2 aliphatic heterocycles. The Kier molecular flexibility index (Phi) is 8.40. The highest BCUT2D eigenvalue weighted by molar-refractivity contribution is 6.30. The van der Waals surface area contributed by atoms with Crippen LogP contribution in [-0.4, -0.2) is 67.5 Å². The van der Waals surface area contributed by atoms with E-state index < -0.39 is 0 Å². The Balaban J connectivity index is 1.67. The number of rotatable bonds is 6. The van der Waals surface area contributed by atoms with Gasteiger partial charge in [0, 0.05) is 49.7 Å². The van der Waals surface area contributed by atoms with Crippen molar-refractivity contribution in [2.75, 3.05) is 39.8 Å². The van der Waals surface area contributed by atoms with Crippen molar-refractivity contribution in [3.8, 4) is 0 Å². The molecule has 0 spiro atoms. The first-order valence-corrected chi connectivity index (χ1v) is 11.7. The average molecular weight is 434 g/mol. The number of aliphatic imine (C=N–C) groups is 1. The third kappa shape index (κ3) is 5.88. The molecule has 0 radical (unpaired) electrons. The van der Waals surface area contributed by atoms with E-state index in [2.05, 4.69) is 41.6 Å². The van der Waals surface area contributed by atoms with Crippen LogP contribution in [0.3, 0.4) is 0 Å². The van der Waals surface area contributed by atoms with Gasteiger partial charge in [-0.25, -0.2) is 0 Å². The number of benzene rings is 1. The smallest absolute Gasteiger partial charge is 0.222 e. The van der Waals surface area contributed by atoms with E-state index in [1.54, 1.807) is 0 Å². The summed E-state index contributed by atoms with van der Waals surface area (Å²) < 4.78 is 0. The van der Waals surface area contributed by atoms with Gasteiger partial charge in [0.25, 0.3) is 0 Å². The van der Waals surface area contributed by atoms with Gasteiger partial charge < -0.3 is 15.5 Å². The highest BCUT2D eigenvalue weighted by Gasteiger charge is 2.31. The van der Waals surface area contributed by atoms with Crippen LogP contribution >= 0.6 is 11.6 Å². The normalized spacial score (nSPS) is 25.4. The molecule has 0 aromatic heterocycles. The van der Waals surface area contributed by atoms with Gasteiger partial charge in [-0.3, -0.25) is 14.7 Å². The van der Waals surface area contributed by atoms with E-state index in [1.807, 2.05) is 24.0 Å². The lowest BCUT2D eigenvalue weighted by molar-refractivity contribution is -0.129. The largest absolute Gasteiger partial charge is 0.357 e. The zero-order valence-electron chi connectivity index (χ0n) is 18.5. The maximum Gasteiger partial charge on any atom is 0.222 e. The lowest BCUT2D eigenvalue weighted by Gasteiger charge is -2.39. The maximum absolute atomic E-state index is 12.0. The molecule has 2 saturated heterocycles. The number of piperidine rings is 1. The minimum Gasteiger partial charge on any atom is -0.357 e.